The van der Waals surface area contributed by atoms with Crippen molar-refractivity contribution in [2.45, 2.75) is 19.1 Å². The molecule has 0 bridgehead atoms. The average Bonchev–Trinajstić information content (AvgIpc) is 2.61. The summed E-state index contributed by atoms with van der Waals surface area (Å²) < 4.78 is 5.77. The van der Waals surface area contributed by atoms with Crippen molar-refractivity contribution in [3.8, 4) is 0 Å². The van der Waals surface area contributed by atoms with E-state index in [1.807, 2.05) is 19.2 Å². The summed E-state index contributed by atoms with van der Waals surface area (Å²) in [5.74, 6) is 0.496. The van der Waals surface area contributed by atoms with Crippen LogP contribution in [0, 0.1) is 5.92 Å². The topological polar surface area (TPSA) is 32.8 Å². The number of rotatable bonds is 2. The molecule has 1 aromatic rings. The van der Waals surface area contributed by atoms with Gasteiger partial charge in [-0.1, -0.05) is 23.7 Å². The largest absolute Gasteiger partial charge is 0.368 e. The van der Waals surface area contributed by atoms with Gasteiger partial charge in [-0.25, -0.2) is 0 Å². The van der Waals surface area contributed by atoms with E-state index in [-0.39, 0.29) is 18.6 Å². The highest BCUT2D eigenvalue weighted by atomic mass is 35.5. The summed E-state index contributed by atoms with van der Waals surface area (Å²) in [7, 11) is 1.87. The quantitative estimate of drug-likeness (QED) is 0.838. The fourth-order valence-electron chi connectivity index (χ4n) is 3.21. The first-order valence-electron chi connectivity index (χ1n) is 7.44. The minimum absolute atomic E-state index is 0.0913. The molecular formula is C16H21ClN2O2. The molecular weight excluding hydrogens is 288 g/mol. The Hall–Kier alpha value is -1.10. The molecule has 21 heavy (non-hydrogen) atoms. The Morgan fingerprint density at radius 2 is 2.05 bits per heavy atom. The van der Waals surface area contributed by atoms with Gasteiger partial charge < -0.3 is 9.64 Å². The second-order valence-corrected chi connectivity index (χ2v) is 6.47. The second kappa shape index (κ2) is 6.34. The fourth-order valence-corrected chi connectivity index (χ4v) is 3.34. The lowest BCUT2D eigenvalue weighted by atomic mass is 9.94. The zero-order valence-electron chi connectivity index (χ0n) is 12.3. The molecule has 3 rings (SSSR count). The first-order valence-corrected chi connectivity index (χ1v) is 7.82. The van der Waals surface area contributed by atoms with Crippen LogP contribution in [0.2, 0.25) is 5.02 Å². The number of ether oxygens (including phenoxy) is 1. The van der Waals surface area contributed by atoms with E-state index in [1.165, 1.54) is 5.56 Å². The van der Waals surface area contributed by atoms with Crippen LogP contribution in [0.4, 0.5) is 0 Å². The Kier molecular flexibility index (Phi) is 4.48. The van der Waals surface area contributed by atoms with Crippen molar-refractivity contribution >= 4 is 17.5 Å². The fraction of sp³-hybridized carbons (Fsp3) is 0.562. The van der Waals surface area contributed by atoms with Gasteiger partial charge in [0, 0.05) is 44.2 Å². The molecule has 2 atom stereocenters. The van der Waals surface area contributed by atoms with Gasteiger partial charge in [0.1, 0.15) is 6.61 Å². The van der Waals surface area contributed by atoms with Crippen LogP contribution in [0.15, 0.2) is 24.3 Å². The number of fused-ring (bicyclic) bond motifs is 1. The number of likely N-dealkylation sites (tertiary alicyclic amines) is 1. The van der Waals surface area contributed by atoms with E-state index >= 15 is 0 Å². The summed E-state index contributed by atoms with van der Waals surface area (Å²) in [5, 5.41) is 0.773. The van der Waals surface area contributed by atoms with E-state index < -0.39 is 0 Å². The number of benzene rings is 1. The molecule has 0 radical (unpaired) electrons. The van der Waals surface area contributed by atoms with Gasteiger partial charge in [-0.2, -0.15) is 0 Å². The number of carbonyl (C=O) groups is 1. The standard InChI is InChI=1S/C16H21ClN2O2/c1-18-9-13-10-19(7-6-15(13)21-11-16(18)20)8-12-2-4-14(17)5-3-12/h2-5,13,15H,6-11H2,1H3/t13-,15-/m0/s1. The number of nitrogens with zero attached hydrogens (tertiary/aromatic N) is 2. The Balaban J connectivity index is 1.62. The normalized spacial score (nSPS) is 27.3. The van der Waals surface area contributed by atoms with Crippen LogP contribution in [-0.2, 0) is 16.1 Å². The maximum absolute atomic E-state index is 11.7. The van der Waals surface area contributed by atoms with Crippen molar-refractivity contribution in [1.82, 2.24) is 9.80 Å². The van der Waals surface area contributed by atoms with Crippen molar-refractivity contribution in [1.29, 1.82) is 0 Å². The van der Waals surface area contributed by atoms with Crippen molar-refractivity contribution < 1.29 is 9.53 Å². The third-order valence-electron chi connectivity index (χ3n) is 4.42. The molecule has 0 unspecified atom stereocenters. The molecule has 114 valence electrons. The minimum atomic E-state index is 0.0913. The predicted octanol–water partition coefficient (Wildman–Crippen LogP) is 2.02. The smallest absolute Gasteiger partial charge is 0.248 e. The summed E-state index contributed by atoms with van der Waals surface area (Å²) in [4.78, 5) is 16.0. The number of hydrogen-bond acceptors (Lipinski definition) is 3. The number of likely N-dealkylation sites (N-methyl/N-ethyl adjacent to an activating group) is 1. The maximum atomic E-state index is 11.7. The van der Waals surface area contributed by atoms with Crippen molar-refractivity contribution in [2.75, 3.05) is 33.3 Å². The molecule has 0 N–H and O–H groups in total. The Labute approximate surface area is 130 Å². The monoisotopic (exact) mass is 308 g/mol. The van der Waals surface area contributed by atoms with Gasteiger partial charge in [-0.3, -0.25) is 9.69 Å². The Bertz CT molecular complexity index is 506. The van der Waals surface area contributed by atoms with Crippen LogP contribution in [0.3, 0.4) is 0 Å². The molecule has 0 saturated carbocycles. The lowest BCUT2D eigenvalue weighted by Crippen LogP contribution is -2.46. The van der Waals surface area contributed by atoms with Crippen molar-refractivity contribution in [3.63, 3.8) is 0 Å². The van der Waals surface area contributed by atoms with Crippen LogP contribution < -0.4 is 0 Å². The van der Waals surface area contributed by atoms with E-state index in [9.17, 15) is 4.79 Å². The maximum Gasteiger partial charge on any atom is 0.248 e. The zero-order chi connectivity index (χ0) is 14.8. The zero-order valence-corrected chi connectivity index (χ0v) is 13.1. The van der Waals surface area contributed by atoms with Crippen LogP contribution in [0.5, 0.6) is 0 Å². The summed E-state index contributed by atoms with van der Waals surface area (Å²) in [6, 6.07) is 8.02. The van der Waals surface area contributed by atoms with E-state index in [0.717, 1.165) is 37.6 Å². The van der Waals surface area contributed by atoms with E-state index in [4.69, 9.17) is 16.3 Å². The lowest BCUT2D eigenvalue weighted by molar-refractivity contribution is -0.133. The average molecular weight is 309 g/mol. The minimum Gasteiger partial charge on any atom is -0.368 e. The Morgan fingerprint density at radius 1 is 1.29 bits per heavy atom. The molecule has 4 nitrogen and oxygen atoms in total. The summed E-state index contributed by atoms with van der Waals surface area (Å²) in [6.07, 6.45) is 1.22. The second-order valence-electron chi connectivity index (χ2n) is 6.03. The molecule has 2 heterocycles. The highest BCUT2D eigenvalue weighted by Crippen LogP contribution is 2.25. The number of carbonyl (C=O) groups excluding carboxylic acids is 1. The van der Waals surface area contributed by atoms with Gasteiger partial charge in [-0.05, 0) is 24.1 Å². The highest BCUT2D eigenvalue weighted by molar-refractivity contribution is 6.30. The van der Waals surface area contributed by atoms with Crippen LogP contribution in [0.25, 0.3) is 0 Å². The van der Waals surface area contributed by atoms with Gasteiger partial charge in [-0.15, -0.1) is 0 Å². The molecule has 0 aliphatic carbocycles. The number of halogens is 1. The molecule has 0 aromatic heterocycles. The van der Waals surface area contributed by atoms with Gasteiger partial charge >= 0.3 is 0 Å². The van der Waals surface area contributed by atoms with Crippen LogP contribution in [-0.4, -0.2) is 55.1 Å². The van der Waals surface area contributed by atoms with E-state index in [0.29, 0.717) is 5.92 Å². The molecule has 2 aliphatic rings. The number of piperidine rings is 1. The highest BCUT2D eigenvalue weighted by Gasteiger charge is 2.34. The first-order chi connectivity index (χ1) is 10.1. The lowest BCUT2D eigenvalue weighted by Gasteiger charge is -2.37. The van der Waals surface area contributed by atoms with Gasteiger partial charge in [0.25, 0.3) is 0 Å². The van der Waals surface area contributed by atoms with Gasteiger partial charge in [0.2, 0.25) is 5.91 Å². The molecule has 2 aliphatic heterocycles. The molecule has 2 saturated heterocycles. The van der Waals surface area contributed by atoms with Crippen LogP contribution >= 0.6 is 11.6 Å². The molecule has 5 heteroatoms. The van der Waals surface area contributed by atoms with Crippen molar-refractivity contribution in [3.05, 3.63) is 34.9 Å². The summed E-state index contributed by atoms with van der Waals surface area (Å²) in [5.41, 5.74) is 1.27. The summed E-state index contributed by atoms with van der Waals surface area (Å²) in [6.45, 7) is 3.94. The Morgan fingerprint density at radius 3 is 2.81 bits per heavy atom. The molecule has 2 fully saturated rings. The van der Waals surface area contributed by atoms with Crippen molar-refractivity contribution in [2.24, 2.45) is 5.92 Å². The predicted molar refractivity (Wildman–Crippen MR) is 82.2 cm³/mol. The third kappa shape index (κ3) is 3.57. The third-order valence-corrected chi connectivity index (χ3v) is 4.67. The van der Waals surface area contributed by atoms with Crippen LogP contribution in [0.1, 0.15) is 12.0 Å². The number of hydrogen-bond donors (Lipinski definition) is 0. The summed E-state index contributed by atoms with van der Waals surface area (Å²) >= 11 is 5.93. The first kappa shape index (κ1) is 14.8. The van der Waals surface area contributed by atoms with E-state index in [1.54, 1.807) is 4.90 Å². The molecule has 1 aromatic carbocycles. The molecule has 0 spiro atoms. The van der Waals surface area contributed by atoms with Gasteiger partial charge in [0.05, 0.1) is 6.10 Å². The molecule has 1 amide bonds. The number of amides is 1. The van der Waals surface area contributed by atoms with Gasteiger partial charge in [0.15, 0.2) is 0 Å². The SMILES string of the molecule is CN1C[C@H]2CN(Cc3ccc(Cl)cc3)CC[C@@H]2OCC1=O. The van der Waals surface area contributed by atoms with E-state index in [2.05, 4.69) is 17.0 Å².